The number of hydrogen-bond acceptors (Lipinski definition) is 4. The van der Waals surface area contributed by atoms with E-state index < -0.39 is 0 Å². The number of aromatic nitrogens is 2. The number of nitrogens with zero attached hydrogens (tertiary/aromatic N) is 4. The third kappa shape index (κ3) is 4.32. The first-order valence-electron chi connectivity index (χ1n) is 9.77. The summed E-state index contributed by atoms with van der Waals surface area (Å²) in [6, 6.07) is 12.7. The molecule has 1 aromatic carbocycles. The van der Waals surface area contributed by atoms with E-state index in [0.29, 0.717) is 0 Å². The van der Waals surface area contributed by atoms with Crippen molar-refractivity contribution in [3.63, 3.8) is 0 Å². The van der Waals surface area contributed by atoms with Gasteiger partial charge in [-0.15, -0.1) is 0 Å². The van der Waals surface area contributed by atoms with Crippen molar-refractivity contribution in [3.8, 4) is 5.69 Å². The summed E-state index contributed by atoms with van der Waals surface area (Å²) < 4.78 is 2.09. The second-order valence-corrected chi connectivity index (χ2v) is 8.21. The maximum Gasteiger partial charge on any atom is 0.0648 e. The van der Waals surface area contributed by atoms with Crippen LogP contribution in [-0.4, -0.2) is 45.8 Å². The third-order valence-corrected chi connectivity index (χ3v) is 6.22. The fourth-order valence-electron chi connectivity index (χ4n) is 3.93. The molecule has 2 aromatic heterocycles. The lowest BCUT2D eigenvalue weighted by molar-refractivity contribution is 0.247. The zero-order chi connectivity index (χ0) is 18.6. The summed E-state index contributed by atoms with van der Waals surface area (Å²) in [5.41, 5.74) is 6.38. The average molecular weight is 381 g/mol. The summed E-state index contributed by atoms with van der Waals surface area (Å²) in [7, 11) is 0. The lowest BCUT2D eigenvalue weighted by Crippen LogP contribution is -2.30. The van der Waals surface area contributed by atoms with E-state index in [9.17, 15) is 0 Å². The summed E-state index contributed by atoms with van der Waals surface area (Å²) in [4.78, 5) is 5.19. The second kappa shape index (κ2) is 8.38. The minimum Gasteiger partial charge on any atom is -0.298 e. The highest BCUT2D eigenvalue weighted by Crippen LogP contribution is 2.20. The lowest BCUT2D eigenvalue weighted by Gasteiger charge is -2.21. The van der Waals surface area contributed by atoms with Gasteiger partial charge in [-0.1, -0.05) is 18.2 Å². The number of aryl methyl sites for hydroxylation is 1. The molecule has 0 bridgehead atoms. The molecule has 3 heterocycles. The van der Waals surface area contributed by atoms with Crippen LogP contribution in [0.1, 0.15) is 28.9 Å². The molecule has 1 saturated heterocycles. The summed E-state index contributed by atoms with van der Waals surface area (Å²) in [6.45, 7) is 11.0. The molecule has 1 aliphatic heterocycles. The zero-order valence-electron chi connectivity index (χ0n) is 16.3. The number of thiophene rings is 1. The van der Waals surface area contributed by atoms with E-state index in [1.54, 1.807) is 11.3 Å². The smallest absolute Gasteiger partial charge is 0.0648 e. The fourth-order valence-corrected chi connectivity index (χ4v) is 4.59. The predicted molar refractivity (Wildman–Crippen MR) is 113 cm³/mol. The molecule has 4 nitrogen and oxygen atoms in total. The van der Waals surface area contributed by atoms with Gasteiger partial charge in [-0.3, -0.25) is 9.80 Å². The molecule has 1 fully saturated rings. The Kier molecular flexibility index (Phi) is 5.72. The average Bonchev–Trinajstić information content (AvgIpc) is 3.21. The molecular weight excluding hydrogens is 352 g/mol. The van der Waals surface area contributed by atoms with Crippen LogP contribution in [0.5, 0.6) is 0 Å². The topological polar surface area (TPSA) is 24.3 Å². The second-order valence-electron chi connectivity index (χ2n) is 7.43. The molecule has 0 unspecified atom stereocenters. The van der Waals surface area contributed by atoms with Crippen LogP contribution < -0.4 is 0 Å². The molecule has 1 aliphatic rings. The SMILES string of the molecule is Cc1nn(-c2ccccc2)c(C)c1CN1CCCN(Cc2ccsc2)CC1. The van der Waals surface area contributed by atoms with Gasteiger partial charge in [0.2, 0.25) is 0 Å². The van der Waals surface area contributed by atoms with Gasteiger partial charge in [0, 0.05) is 37.4 Å². The standard InChI is InChI=1S/C22H28N4S/c1-18-22(19(2)26(23-18)21-7-4-3-5-8-21)16-25-11-6-10-24(12-13-25)15-20-9-14-27-17-20/h3-5,7-9,14,17H,6,10-13,15-16H2,1-2H3. The van der Waals surface area contributed by atoms with Crippen LogP contribution in [0.3, 0.4) is 0 Å². The van der Waals surface area contributed by atoms with Crippen molar-refractivity contribution in [2.45, 2.75) is 33.4 Å². The van der Waals surface area contributed by atoms with Crippen LogP contribution in [0.2, 0.25) is 0 Å². The Hall–Kier alpha value is -1.95. The predicted octanol–water partition coefficient (Wildman–Crippen LogP) is 4.26. The fraction of sp³-hybridized carbons (Fsp3) is 0.409. The number of para-hydroxylation sites is 1. The van der Waals surface area contributed by atoms with Crippen LogP contribution in [-0.2, 0) is 13.1 Å². The Morgan fingerprint density at radius 2 is 1.67 bits per heavy atom. The Bertz CT molecular complexity index is 854. The molecule has 142 valence electrons. The van der Waals surface area contributed by atoms with Crippen LogP contribution in [0.15, 0.2) is 47.2 Å². The van der Waals surface area contributed by atoms with Crippen molar-refractivity contribution in [1.29, 1.82) is 0 Å². The van der Waals surface area contributed by atoms with Crippen LogP contribution in [0, 0.1) is 13.8 Å². The highest BCUT2D eigenvalue weighted by Gasteiger charge is 2.19. The largest absolute Gasteiger partial charge is 0.298 e. The molecule has 0 aliphatic carbocycles. The number of rotatable bonds is 5. The first kappa shape index (κ1) is 18.4. The van der Waals surface area contributed by atoms with Gasteiger partial charge in [-0.05, 0) is 67.9 Å². The highest BCUT2D eigenvalue weighted by molar-refractivity contribution is 7.07. The van der Waals surface area contributed by atoms with Gasteiger partial charge < -0.3 is 0 Å². The normalized spacial score (nSPS) is 16.5. The molecule has 0 saturated carbocycles. The Labute approximate surface area is 166 Å². The van der Waals surface area contributed by atoms with Gasteiger partial charge in [0.25, 0.3) is 0 Å². The van der Waals surface area contributed by atoms with Crippen molar-refractivity contribution in [3.05, 3.63) is 69.7 Å². The molecule has 5 heteroatoms. The van der Waals surface area contributed by atoms with Crippen LogP contribution in [0.4, 0.5) is 0 Å². The van der Waals surface area contributed by atoms with E-state index in [1.807, 2.05) is 0 Å². The quantitative estimate of drug-likeness (QED) is 0.661. The van der Waals surface area contributed by atoms with Crippen molar-refractivity contribution >= 4 is 11.3 Å². The summed E-state index contributed by atoms with van der Waals surface area (Å²) in [5.74, 6) is 0. The minimum atomic E-state index is 0.997. The molecule has 0 radical (unpaired) electrons. The minimum absolute atomic E-state index is 0.997. The van der Waals surface area contributed by atoms with Crippen molar-refractivity contribution < 1.29 is 0 Å². The first-order valence-corrected chi connectivity index (χ1v) is 10.7. The summed E-state index contributed by atoms with van der Waals surface area (Å²) in [6.07, 6.45) is 1.23. The monoisotopic (exact) mass is 380 g/mol. The highest BCUT2D eigenvalue weighted by atomic mass is 32.1. The molecule has 0 amide bonds. The van der Waals surface area contributed by atoms with Gasteiger partial charge in [0.15, 0.2) is 0 Å². The molecule has 0 atom stereocenters. The van der Waals surface area contributed by atoms with E-state index in [2.05, 4.69) is 75.5 Å². The molecule has 3 aromatic rings. The van der Waals surface area contributed by atoms with Gasteiger partial charge >= 0.3 is 0 Å². The van der Waals surface area contributed by atoms with E-state index in [-0.39, 0.29) is 0 Å². The Morgan fingerprint density at radius 3 is 2.37 bits per heavy atom. The van der Waals surface area contributed by atoms with Crippen LogP contribution in [0.25, 0.3) is 5.69 Å². The van der Waals surface area contributed by atoms with Gasteiger partial charge in [-0.2, -0.15) is 16.4 Å². The third-order valence-electron chi connectivity index (χ3n) is 5.49. The molecule has 0 spiro atoms. The molecule has 4 rings (SSSR count). The van der Waals surface area contributed by atoms with Gasteiger partial charge in [-0.25, -0.2) is 4.68 Å². The van der Waals surface area contributed by atoms with E-state index in [0.717, 1.165) is 44.1 Å². The maximum atomic E-state index is 4.81. The van der Waals surface area contributed by atoms with Crippen molar-refractivity contribution in [2.75, 3.05) is 26.2 Å². The lowest BCUT2D eigenvalue weighted by atomic mass is 10.1. The van der Waals surface area contributed by atoms with Crippen molar-refractivity contribution in [2.24, 2.45) is 0 Å². The van der Waals surface area contributed by atoms with Crippen molar-refractivity contribution in [1.82, 2.24) is 19.6 Å². The Balaban J connectivity index is 1.43. The van der Waals surface area contributed by atoms with E-state index >= 15 is 0 Å². The van der Waals surface area contributed by atoms with Gasteiger partial charge in [0.1, 0.15) is 0 Å². The Morgan fingerprint density at radius 1 is 0.926 bits per heavy atom. The van der Waals surface area contributed by atoms with E-state index in [1.165, 1.54) is 29.8 Å². The number of hydrogen-bond donors (Lipinski definition) is 0. The van der Waals surface area contributed by atoms with Crippen LogP contribution >= 0.6 is 11.3 Å². The van der Waals surface area contributed by atoms with Gasteiger partial charge in [0.05, 0.1) is 11.4 Å². The zero-order valence-corrected chi connectivity index (χ0v) is 17.1. The summed E-state index contributed by atoms with van der Waals surface area (Å²) >= 11 is 1.79. The molecule has 0 N–H and O–H groups in total. The molecule has 27 heavy (non-hydrogen) atoms. The van der Waals surface area contributed by atoms with E-state index in [4.69, 9.17) is 5.10 Å². The molecular formula is C22H28N4S. The first-order chi connectivity index (χ1) is 13.2. The summed E-state index contributed by atoms with van der Waals surface area (Å²) in [5, 5.41) is 9.26. The maximum absolute atomic E-state index is 4.81. The number of benzene rings is 1.